The molecule has 1 N–H and O–H groups in total. The number of rotatable bonds is 12. The van der Waals surface area contributed by atoms with E-state index in [1.54, 1.807) is 13.8 Å². The number of hydrogen-bond acceptors (Lipinski definition) is 8. The highest BCUT2D eigenvalue weighted by molar-refractivity contribution is 6.00. The van der Waals surface area contributed by atoms with Gasteiger partial charge in [0.15, 0.2) is 5.79 Å². The highest BCUT2D eigenvalue weighted by atomic mass is 16.7. The van der Waals surface area contributed by atoms with Gasteiger partial charge in [0.25, 0.3) is 0 Å². The molecule has 176 valence electrons. The summed E-state index contributed by atoms with van der Waals surface area (Å²) >= 11 is 0. The van der Waals surface area contributed by atoms with Crippen molar-refractivity contribution in [2.24, 2.45) is 11.3 Å². The van der Waals surface area contributed by atoms with E-state index in [4.69, 9.17) is 18.9 Å². The van der Waals surface area contributed by atoms with Gasteiger partial charge in [-0.2, -0.15) is 5.06 Å². The van der Waals surface area contributed by atoms with Crippen molar-refractivity contribution in [1.29, 1.82) is 0 Å². The third-order valence-corrected chi connectivity index (χ3v) is 6.27. The van der Waals surface area contributed by atoms with Crippen molar-refractivity contribution in [3.05, 3.63) is 0 Å². The highest BCUT2D eigenvalue weighted by Gasteiger charge is 2.58. The molecule has 0 amide bonds. The Bertz CT molecular complexity index is 540. The van der Waals surface area contributed by atoms with Crippen molar-refractivity contribution >= 4 is 11.9 Å². The SMILES string of the molecule is CCCN(O)C(C)(CC)CC1(C(C)CC)OCC(C(=O)OCC)(C(=O)OCC)CO1. The van der Waals surface area contributed by atoms with Crippen LogP contribution in [0, 0.1) is 11.3 Å². The third kappa shape index (κ3) is 5.52. The number of nitrogens with zero attached hydrogens (tertiary/aromatic N) is 1. The van der Waals surface area contributed by atoms with Crippen molar-refractivity contribution < 1.29 is 33.7 Å². The summed E-state index contributed by atoms with van der Waals surface area (Å²) in [5.41, 5.74) is -2.23. The lowest BCUT2D eigenvalue weighted by atomic mass is 9.80. The number of hydrogen-bond donors (Lipinski definition) is 1. The first-order valence-corrected chi connectivity index (χ1v) is 11.2. The van der Waals surface area contributed by atoms with Crippen LogP contribution in [-0.4, -0.2) is 66.5 Å². The predicted octanol–water partition coefficient (Wildman–Crippen LogP) is 3.55. The first-order valence-electron chi connectivity index (χ1n) is 11.2. The van der Waals surface area contributed by atoms with Crippen LogP contribution < -0.4 is 0 Å². The smallest absolute Gasteiger partial charge is 0.328 e. The van der Waals surface area contributed by atoms with Gasteiger partial charge in [0, 0.05) is 24.4 Å². The Morgan fingerprint density at radius 1 is 1.07 bits per heavy atom. The lowest BCUT2D eigenvalue weighted by Crippen LogP contribution is -2.62. The largest absolute Gasteiger partial charge is 0.465 e. The standard InChI is InChI=1S/C22H41NO7/c1-8-13-23(26)20(7,10-3)14-22(17(6)9-2)29-15-21(16-30-22,18(24)27-11-4)19(25)28-12-5/h17,26H,8-16H2,1-7H3. The molecule has 2 unspecified atom stereocenters. The molecule has 1 aliphatic heterocycles. The molecule has 1 fully saturated rings. The zero-order chi connectivity index (χ0) is 23.0. The first-order chi connectivity index (χ1) is 14.1. The van der Waals surface area contributed by atoms with Gasteiger partial charge in [-0.25, -0.2) is 0 Å². The number of carbonyl (C=O) groups is 2. The average Bonchev–Trinajstić information content (AvgIpc) is 2.74. The molecule has 1 aliphatic rings. The summed E-state index contributed by atoms with van der Waals surface area (Å²) in [6.07, 6.45) is 2.64. The van der Waals surface area contributed by atoms with Crippen molar-refractivity contribution in [3.63, 3.8) is 0 Å². The minimum Gasteiger partial charge on any atom is -0.465 e. The maximum atomic E-state index is 12.7. The van der Waals surface area contributed by atoms with E-state index in [0.717, 1.165) is 12.8 Å². The van der Waals surface area contributed by atoms with Gasteiger partial charge in [-0.05, 0) is 40.0 Å². The second kappa shape index (κ2) is 11.4. The van der Waals surface area contributed by atoms with E-state index >= 15 is 0 Å². The number of ether oxygens (including phenoxy) is 4. The van der Waals surface area contributed by atoms with Gasteiger partial charge in [0.2, 0.25) is 5.41 Å². The monoisotopic (exact) mass is 431 g/mol. The van der Waals surface area contributed by atoms with Gasteiger partial charge in [0.1, 0.15) is 0 Å². The second-order valence-electron chi connectivity index (χ2n) is 8.37. The van der Waals surface area contributed by atoms with Crippen LogP contribution in [-0.2, 0) is 28.5 Å². The van der Waals surface area contributed by atoms with Crippen LogP contribution in [0.2, 0.25) is 0 Å². The van der Waals surface area contributed by atoms with Gasteiger partial charge in [-0.3, -0.25) is 9.59 Å². The fraction of sp³-hybridized carbons (Fsp3) is 0.909. The van der Waals surface area contributed by atoms with Gasteiger partial charge >= 0.3 is 11.9 Å². The molecule has 1 heterocycles. The molecule has 0 radical (unpaired) electrons. The molecule has 1 saturated heterocycles. The molecular formula is C22H41NO7. The molecular weight excluding hydrogens is 390 g/mol. The van der Waals surface area contributed by atoms with Gasteiger partial charge in [-0.15, -0.1) is 0 Å². The number of carbonyl (C=O) groups excluding carboxylic acids is 2. The quantitative estimate of drug-likeness (QED) is 0.285. The van der Waals surface area contributed by atoms with Crippen LogP contribution in [0.25, 0.3) is 0 Å². The van der Waals surface area contributed by atoms with Crippen molar-refractivity contribution in [2.75, 3.05) is 33.0 Å². The molecule has 0 aromatic heterocycles. The Labute approximate surface area is 181 Å². The van der Waals surface area contributed by atoms with Crippen LogP contribution in [0.3, 0.4) is 0 Å². The summed E-state index contributed by atoms with van der Waals surface area (Å²) in [6.45, 7) is 13.8. The topological polar surface area (TPSA) is 94.5 Å². The Hall–Kier alpha value is -1.22. The molecule has 2 atom stereocenters. The molecule has 8 nitrogen and oxygen atoms in total. The highest BCUT2D eigenvalue weighted by Crippen LogP contribution is 2.43. The minimum atomic E-state index is -1.64. The average molecular weight is 432 g/mol. The molecule has 0 spiro atoms. The maximum absolute atomic E-state index is 12.7. The molecule has 1 rings (SSSR count). The van der Waals surface area contributed by atoms with Crippen molar-refractivity contribution in [3.8, 4) is 0 Å². The lowest BCUT2D eigenvalue weighted by Gasteiger charge is -2.51. The number of esters is 2. The molecule has 0 aromatic carbocycles. The minimum absolute atomic E-state index is 0.0270. The normalized spacial score (nSPS) is 21.0. The Kier molecular flexibility index (Phi) is 10.2. The summed E-state index contributed by atoms with van der Waals surface area (Å²) in [5.74, 6) is -2.47. The van der Waals surface area contributed by atoms with E-state index in [2.05, 4.69) is 0 Å². The zero-order valence-electron chi connectivity index (χ0n) is 19.8. The lowest BCUT2D eigenvalue weighted by molar-refractivity contribution is -0.339. The fourth-order valence-electron chi connectivity index (χ4n) is 3.71. The van der Waals surface area contributed by atoms with E-state index in [-0.39, 0.29) is 32.3 Å². The van der Waals surface area contributed by atoms with Crippen LogP contribution >= 0.6 is 0 Å². The predicted molar refractivity (Wildman–Crippen MR) is 112 cm³/mol. The molecule has 0 aliphatic carbocycles. The Balaban J connectivity index is 3.23. The summed E-state index contributed by atoms with van der Waals surface area (Å²) in [6, 6.07) is 0. The molecule has 30 heavy (non-hydrogen) atoms. The van der Waals surface area contributed by atoms with E-state index < -0.39 is 28.7 Å². The summed E-state index contributed by atoms with van der Waals surface area (Å²) in [4.78, 5) is 25.4. The van der Waals surface area contributed by atoms with Crippen LogP contribution in [0.5, 0.6) is 0 Å². The van der Waals surface area contributed by atoms with Gasteiger partial charge in [-0.1, -0.05) is 27.7 Å². The van der Waals surface area contributed by atoms with E-state index in [1.807, 2.05) is 34.6 Å². The second-order valence-corrected chi connectivity index (χ2v) is 8.37. The van der Waals surface area contributed by atoms with Gasteiger partial charge < -0.3 is 24.2 Å². The number of hydroxylamine groups is 2. The van der Waals surface area contributed by atoms with E-state index in [1.165, 1.54) is 5.06 Å². The van der Waals surface area contributed by atoms with Crippen LogP contribution in [0.4, 0.5) is 0 Å². The Morgan fingerprint density at radius 3 is 1.93 bits per heavy atom. The summed E-state index contributed by atoms with van der Waals surface area (Å²) in [7, 11) is 0. The molecule has 0 aromatic rings. The van der Waals surface area contributed by atoms with Crippen molar-refractivity contribution in [1.82, 2.24) is 5.06 Å². The van der Waals surface area contributed by atoms with Crippen LogP contribution in [0.1, 0.15) is 74.1 Å². The molecule has 0 bridgehead atoms. The first kappa shape index (κ1) is 26.8. The molecule has 0 saturated carbocycles. The Morgan fingerprint density at radius 2 is 1.57 bits per heavy atom. The van der Waals surface area contributed by atoms with Crippen molar-refractivity contribution in [2.45, 2.75) is 85.5 Å². The maximum Gasteiger partial charge on any atom is 0.328 e. The fourth-order valence-corrected chi connectivity index (χ4v) is 3.71. The summed E-state index contributed by atoms with van der Waals surface area (Å²) in [5, 5.41) is 12.0. The summed E-state index contributed by atoms with van der Waals surface area (Å²) < 4.78 is 22.8. The van der Waals surface area contributed by atoms with Gasteiger partial charge in [0.05, 0.1) is 26.4 Å². The zero-order valence-corrected chi connectivity index (χ0v) is 19.8. The molecule has 8 heteroatoms. The van der Waals surface area contributed by atoms with Crippen LogP contribution in [0.15, 0.2) is 0 Å². The van der Waals surface area contributed by atoms with E-state index in [9.17, 15) is 14.8 Å². The third-order valence-electron chi connectivity index (χ3n) is 6.27. The van der Waals surface area contributed by atoms with E-state index in [0.29, 0.717) is 19.4 Å².